The number of nitrogens with zero attached hydrogens (tertiary/aromatic N) is 2. The van der Waals surface area contributed by atoms with Gasteiger partial charge in [-0.15, -0.1) is 0 Å². The average Bonchev–Trinajstić information content (AvgIpc) is 3.20. The largest absolute Gasteiger partial charge is 0.372 e. The molecule has 4 aromatic rings. The van der Waals surface area contributed by atoms with Crippen molar-refractivity contribution in [3.05, 3.63) is 126 Å². The second-order valence-corrected chi connectivity index (χ2v) is 7.21. The van der Waals surface area contributed by atoms with Gasteiger partial charge < -0.3 is 9.67 Å². The van der Waals surface area contributed by atoms with Crippen molar-refractivity contribution in [3.8, 4) is 5.69 Å². The Kier molecular flexibility index (Phi) is 5.78. The van der Waals surface area contributed by atoms with Crippen molar-refractivity contribution in [1.29, 1.82) is 0 Å². The molecule has 1 amide bonds. The Hall–Kier alpha value is -3.96. The summed E-state index contributed by atoms with van der Waals surface area (Å²) < 4.78 is 2.04. The van der Waals surface area contributed by atoms with E-state index in [-0.39, 0.29) is 0 Å². The minimum Gasteiger partial charge on any atom is -0.372 e. The van der Waals surface area contributed by atoms with Gasteiger partial charge in [0, 0.05) is 11.4 Å². The Morgan fingerprint density at radius 1 is 0.839 bits per heavy atom. The number of carbonyl (C=O) groups is 1. The lowest BCUT2D eigenvalue weighted by Crippen LogP contribution is -2.43. The van der Waals surface area contributed by atoms with E-state index >= 15 is 0 Å². The summed E-state index contributed by atoms with van der Waals surface area (Å²) in [5, 5.41) is 15.6. The summed E-state index contributed by atoms with van der Waals surface area (Å²) >= 11 is 0. The topological polar surface area (TPSA) is 66.6 Å². The molecule has 0 saturated carbocycles. The highest BCUT2D eigenvalue weighted by Gasteiger charge is 2.39. The summed E-state index contributed by atoms with van der Waals surface area (Å²) in [6, 6.07) is 31.5. The number of aliphatic hydroxyl groups is 1. The lowest BCUT2D eigenvalue weighted by atomic mass is 9.85. The van der Waals surface area contributed by atoms with Gasteiger partial charge in [0.15, 0.2) is 5.60 Å². The van der Waals surface area contributed by atoms with Gasteiger partial charge in [-0.25, -0.2) is 5.43 Å². The lowest BCUT2D eigenvalue weighted by molar-refractivity contribution is -0.136. The Morgan fingerprint density at radius 2 is 1.35 bits per heavy atom. The van der Waals surface area contributed by atoms with Crippen LogP contribution in [0.1, 0.15) is 22.5 Å². The molecule has 0 fully saturated rings. The SMILES string of the molecule is Cc1ccc(/C=N/NC(=O)C(O)(c2ccccc2)c2ccccc2)n1-c1ccccc1. The predicted octanol–water partition coefficient (Wildman–Crippen LogP) is 4.17. The van der Waals surface area contributed by atoms with E-state index in [9.17, 15) is 9.90 Å². The quantitative estimate of drug-likeness (QED) is 0.371. The molecule has 5 heteroatoms. The van der Waals surface area contributed by atoms with Crippen molar-refractivity contribution in [2.75, 3.05) is 0 Å². The van der Waals surface area contributed by atoms with Gasteiger partial charge in [0.2, 0.25) is 0 Å². The Morgan fingerprint density at radius 3 is 1.90 bits per heavy atom. The van der Waals surface area contributed by atoms with Crippen LogP contribution in [0.15, 0.2) is 108 Å². The number of hydrogen-bond acceptors (Lipinski definition) is 3. The number of hydrogen-bond donors (Lipinski definition) is 2. The zero-order chi connectivity index (χ0) is 21.7. The molecule has 0 aliphatic carbocycles. The molecule has 5 nitrogen and oxygen atoms in total. The fraction of sp³-hybridized carbons (Fsp3) is 0.0769. The van der Waals surface area contributed by atoms with Gasteiger partial charge in [-0.1, -0.05) is 78.9 Å². The average molecular weight is 409 g/mol. The standard InChI is InChI=1S/C26H23N3O2/c1-20-17-18-24(29(20)23-15-9-4-10-16-23)19-27-28-25(30)26(31,21-11-5-2-6-12-21)22-13-7-3-8-14-22/h2-19,31H,1H3,(H,28,30)/b27-19+. The monoisotopic (exact) mass is 409 g/mol. The second kappa shape index (κ2) is 8.81. The molecule has 0 spiro atoms. The van der Waals surface area contributed by atoms with Crippen LogP contribution in [0.5, 0.6) is 0 Å². The fourth-order valence-electron chi connectivity index (χ4n) is 3.61. The van der Waals surface area contributed by atoms with Crippen molar-refractivity contribution in [1.82, 2.24) is 9.99 Å². The van der Waals surface area contributed by atoms with Gasteiger partial charge in [-0.2, -0.15) is 5.10 Å². The first-order chi connectivity index (χ1) is 15.1. The molecule has 31 heavy (non-hydrogen) atoms. The Bertz CT molecular complexity index is 1140. The van der Waals surface area contributed by atoms with Crippen molar-refractivity contribution >= 4 is 12.1 Å². The summed E-state index contributed by atoms with van der Waals surface area (Å²) in [5.41, 5.74) is 4.46. The highest BCUT2D eigenvalue weighted by Crippen LogP contribution is 2.29. The van der Waals surface area contributed by atoms with Gasteiger partial charge in [0.25, 0.3) is 5.91 Å². The number of para-hydroxylation sites is 1. The molecule has 1 heterocycles. The maximum atomic E-state index is 13.1. The maximum Gasteiger partial charge on any atom is 0.281 e. The van der Waals surface area contributed by atoms with Crippen LogP contribution in [-0.2, 0) is 10.4 Å². The van der Waals surface area contributed by atoms with E-state index in [2.05, 4.69) is 10.5 Å². The zero-order valence-corrected chi connectivity index (χ0v) is 17.1. The Balaban J connectivity index is 1.62. The van der Waals surface area contributed by atoms with E-state index in [0.717, 1.165) is 17.1 Å². The fourth-order valence-corrected chi connectivity index (χ4v) is 3.61. The molecular weight excluding hydrogens is 386 g/mol. The van der Waals surface area contributed by atoms with Gasteiger partial charge in [0.05, 0.1) is 11.9 Å². The third-order valence-corrected chi connectivity index (χ3v) is 5.20. The highest BCUT2D eigenvalue weighted by atomic mass is 16.3. The number of aromatic nitrogens is 1. The molecule has 0 radical (unpaired) electrons. The zero-order valence-electron chi connectivity index (χ0n) is 17.1. The lowest BCUT2D eigenvalue weighted by Gasteiger charge is -2.27. The maximum absolute atomic E-state index is 13.1. The molecule has 0 bridgehead atoms. The highest BCUT2D eigenvalue weighted by molar-refractivity contribution is 5.91. The molecule has 0 unspecified atom stereocenters. The van der Waals surface area contributed by atoms with E-state index < -0.39 is 11.5 Å². The third kappa shape index (κ3) is 4.04. The van der Waals surface area contributed by atoms with Gasteiger partial charge in [-0.3, -0.25) is 4.79 Å². The molecule has 1 aromatic heterocycles. The second-order valence-electron chi connectivity index (χ2n) is 7.21. The van der Waals surface area contributed by atoms with Crippen LogP contribution in [0.3, 0.4) is 0 Å². The Labute approximate surface area is 181 Å². The first-order valence-electron chi connectivity index (χ1n) is 10.0. The molecule has 0 aliphatic rings. The number of amides is 1. The number of carbonyl (C=O) groups excluding carboxylic acids is 1. The summed E-state index contributed by atoms with van der Waals surface area (Å²) in [6.45, 7) is 2.01. The number of nitrogens with one attached hydrogen (secondary N) is 1. The van der Waals surface area contributed by atoms with Crippen LogP contribution in [0.2, 0.25) is 0 Å². The number of aryl methyl sites for hydroxylation is 1. The van der Waals surface area contributed by atoms with Gasteiger partial charge in [0.1, 0.15) is 0 Å². The first-order valence-corrected chi connectivity index (χ1v) is 10.0. The number of hydrazone groups is 1. The van der Waals surface area contributed by atoms with Crippen LogP contribution in [-0.4, -0.2) is 21.8 Å². The predicted molar refractivity (Wildman–Crippen MR) is 122 cm³/mol. The van der Waals surface area contributed by atoms with E-state index in [1.165, 1.54) is 0 Å². The van der Waals surface area contributed by atoms with Gasteiger partial charge in [-0.05, 0) is 42.3 Å². The molecule has 3 aromatic carbocycles. The van der Waals surface area contributed by atoms with E-state index in [1.54, 1.807) is 54.7 Å². The number of benzene rings is 3. The molecule has 2 N–H and O–H groups in total. The van der Waals surface area contributed by atoms with E-state index in [0.29, 0.717) is 11.1 Å². The normalized spacial score (nSPS) is 11.5. The molecule has 154 valence electrons. The number of rotatable bonds is 6. The molecule has 4 rings (SSSR count). The van der Waals surface area contributed by atoms with Crippen molar-refractivity contribution in [2.24, 2.45) is 5.10 Å². The van der Waals surface area contributed by atoms with E-state index in [4.69, 9.17) is 0 Å². The summed E-state index contributed by atoms with van der Waals surface area (Å²) in [7, 11) is 0. The first kappa shape index (κ1) is 20.3. The third-order valence-electron chi connectivity index (χ3n) is 5.20. The van der Waals surface area contributed by atoms with Crippen LogP contribution in [0, 0.1) is 6.92 Å². The van der Waals surface area contributed by atoms with Crippen molar-refractivity contribution < 1.29 is 9.90 Å². The molecule has 0 saturated heterocycles. The van der Waals surface area contributed by atoms with E-state index in [1.807, 2.05) is 66.1 Å². The smallest absolute Gasteiger partial charge is 0.281 e. The van der Waals surface area contributed by atoms with Gasteiger partial charge >= 0.3 is 0 Å². The summed E-state index contributed by atoms with van der Waals surface area (Å²) in [6.07, 6.45) is 1.58. The van der Waals surface area contributed by atoms with Crippen molar-refractivity contribution in [2.45, 2.75) is 12.5 Å². The van der Waals surface area contributed by atoms with Crippen molar-refractivity contribution in [3.63, 3.8) is 0 Å². The molecular formula is C26H23N3O2. The summed E-state index contributed by atoms with van der Waals surface area (Å²) in [5.74, 6) is -0.629. The minimum atomic E-state index is -1.86. The van der Waals surface area contributed by atoms with Crippen LogP contribution in [0.4, 0.5) is 0 Å². The van der Waals surface area contributed by atoms with Crippen LogP contribution in [0.25, 0.3) is 5.69 Å². The van der Waals surface area contributed by atoms with Crippen LogP contribution >= 0.6 is 0 Å². The summed E-state index contributed by atoms with van der Waals surface area (Å²) in [4.78, 5) is 13.1. The molecule has 0 atom stereocenters. The van der Waals surface area contributed by atoms with Crippen LogP contribution < -0.4 is 5.43 Å². The minimum absolute atomic E-state index is 0.470. The molecule has 0 aliphatic heterocycles.